The van der Waals surface area contributed by atoms with Crippen LogP contribution in [0.2, 0.25) is 0 Å². The lowest BCUT2D eigenvalue weighted by molar-refractivity contribution is -0.107. The third-order valence-corrected chi connectivity index (χ3v) is 7.48. The summed E-state index contributed by atoms with van der Waals surface area (Å²) < 4.78 is 38.7. The van der Waals surface area contributed by atoms with E-state index in [1.54, 1.807) is 26.6 Å². The number of likely N-dealkylation sites (tertiary alicyclic amines) is 1. The van der Waals surface area contributed by atoms with E-state index in [2.05, 4.69) is 59.5 Å². The van der Waals surface area contributed by atoms with E-state index in [9.17, 15) is 8.78 Å². The minimum Gasteiger partial charge on any atom is -0.494 e. The van der Waals surface area contributed by atoms with Crippen LogP contribution in [-0.2, 0) is 10.8 Å². The molecule has 0 amide bonds. The maximum absolute atomic E-state index is 14.1. The third kappa shape index (κ3) is 4.02. The predicted molar refractivity (Wildman–Crippen MR) is 117 cm³/mol. The van der Waals surface area contributed by atoms with Gasteiger partial charge in [0.15, 0.2) is 5.75 Å². The first kappa shape index (κ1) is 24.2. The molecule has 176 valence electrons. The monoisotopic (exact) mass is 449 g/mol. The summed E-state index contributed by atoms with van der Waals surface area (Å²) in [5.74, 6) is -1.04. The lowest BCUT2D eigenvalue weighted by Crippen LogP contribution is -2.69. The Balaban J connectivity index is 2.16. The van der Waals surface area contributed by atoms with Gasteiger partial charge >= 0.3 is 0 Å². The smallest absolute Gasteiger partial charge is 0.250 e. The molecule has 1 atom stereocenters. The van der Waals surface area contributed by atoms with E-state index >= 15 is 0 Å². The molecule has 0 N–H and O–H groups in total. The summed E-state index contributed by atoms with van der Waals surface area (Å²) >= 11 is 0. The van der Waals surface area contributed by atoms with Crippen molar-refractivity contribution in [3.05, 3.63) is 36.3 Å². The Hall–Kier alpha value is -2.42. The highest BCUT2D eigenvalue weighted by molar-refractivity contribution is 5.33. The second-order valence-corrected chi connectivity index (χ2v) is 9.56. The summed E-state index contributed by atoms with van der Waals surface area (Å²) in [7, 11) is 3.12. The fraction of sp³-hybridized carbons (Fsp3) is 0.652. The van der Waals surface area contributed by atoms with Gasteiger partial charge in [-0.3, -0.25) is 4.90 Å². The Kier molecular flexibility index (Phi) is 6.43. The molecule has 32 heavy (non-hydrogen) atoms. The Bertz CT molecular complexity index is 926. The molecule has 1 saturated heterocycles. The number of methoxy groups -OCH3 is 2. The van der Waals surface area contributed by atoms with Gasteiger partial charge in [-0.1, -0.05) is 27.7 Å². The lowest BCUT2D eigenvalue weighted by atomic mass is 9.56. The van der Waals surface area contributed by atoms with E-state index in [0.717, 1.165) is 5.69 Å². The largest absolute Gasteiger partial charge is 0.494 e. The molecule has 0 saturated carbocycles. The van der Waals surface area contributed by atoms with Crippen molar-refractivity contribution in [1.29, 1.82) is 0 Å². The summed E-state index contributed by atoms with van der Waals surface area (Å²) in [4.78, 5) is 20.0. The molecule has 1 fully saturated rings. The number of hydrogen-bond donors (Lipinski definition) is 0. The first-order chi connectivity index (χ1) is 14.9. The molecule has 3 heterocycles. The molecule has 1 aliphatic heterocycles. The van der Waals surface area contributed by atoms with Crippen LogP contribution < -0.4 is 9.47 Å². The minimum atomic E-state index is -2.65. The van der Waals surface area contributed by atoms with Crippen LogP contribution >= 0.6 is 0 Å². The van der Waals surface area contributed by atoms with Gasteiger partial charge in [0.25, 0.3) is 5.92 Å². The second-order valence-electron chi connectivity index (χ2n) is 9.56. The molecular formula is C23H33F2N5O2. The van der Waals surface area contributed by atoms with Crippen molar-refractivity contribution in [2.45, 2.75) is 69.8 Å². The van der Waals surface area contributed by atoms with Crippen LogP contribution in [0.1, 0.15) is 59.0 Å². The number of hydrogen-bond acceptors (Lipinski definition) is 7. The Morgan fingerprint density at radius 2 is 1.47 bits per heavy atom. The van der Waals surface area contributed by atoms with E-state index in [1.165, 1.54) is 6.33 Å². The second kappa shape index (κ2) is 8.50. The van der Waals surface area contributed by atoms with E-state index in [0.29, 0.717) is 17.5 Å². The zero-order valence-electron chi connectivity index (χ0n) is 19.9. The molecule has 0 spiro atoms. The van der Waals surface area contributed by atoms with E-state index in [-0.39, 0.29) is 25.9 Å². The number of alkyl halides is 2. The molecule has 0 aromatic carbocycles. The summed E-state index contributed by atoms with van der Waals surface area (Å²) in [6.45, 7) is 10.9. The standard InChI is InChI=1S/C23H33F2N5O2/c1-20(2,17-12-18(32-7)29-15-28-17)22(5,30-10-8-23(24,25)9-11-30)21(3,4)19-26-13-16(31-6)14-27-19/h12-15H,8-11H2,1-7H3. The highest BCUT2D eigenvalue weighted by atomic mass is 19.3. The maximum atomic E-state index is 14.1. The average Bonchev–Trinajstić information content (AvgIpc) is 2.78. The lowest BCUT2D eigenvalue weighted by Gasteiger charge is -2.59. The van der Waals surface area contributed by atoms with E-state index in [1.807, 2.05) is 6.07 Å². The van der Waals surface area contributed by atoms with Gasteiger partial charge in [-0.15, -0.1) is 0 Å². The van der Waals surface area contributed by atoms with Gasteiger partial charge in [0.05, 0.1) is 32.3 Å². The van der Waals surface area contributed by atoms with Crippen LogP contribution in [-0.4, -0.2) is 63.6 Å². The highest BCUT2D eigenvalue weighted by Crippen LogP contribution is 2.51. The molecule has 3 rings (SSSR count). The fourth-order valence-corrected chi connectivity index (χ4v) is 4.86. The molecule has 0 bridgehead atoms. The van der Waals surface area contributed by atoms with Crippen molar-refractivity contribution in [1.82, 2.24) is 24.8 Å². The van der Waals surface area contributed by atoms with Gasteiger partial charge in [-0.05, 0) is 6.92 Å². The van der Waals surface area contributed by atoms with Crippen LogP contribution in [0.3, 0.4) is 0 Å². The SMILES string of the molecule is COc1cnc(C(C)(C)C(C)(N2CCC(F)(F)CC2)C(C)(C)c2cc(OC)ncn2)nc1. The normalized spacial score (nSPS) is 19.3. The number of rotatable bonds is 7. The van der Waals surface area contributed by atoms with Crippen molar-refractivity contribution < 1.29 is 18.3 Å². The van der Waals surface area contributed by atoms with Gasteiger partial charge in [0.2, 0.25) is 5.88 Å². The first-order valence-electron chi connectivity index (χ1n) is 10.7. The van der Waals surface area contributed by atoms with Gasteiger partial charge in [0, 0.05) is 48.4 Å². The van der Waals surface area contributed by atoms with Crippen molar-refractivity contribution in [3.8, 4) is 11.6 Å². The number of nitrogens with zero attached hydrogens (tertiary/aromatic N) is 5. The van der Waals surface area contributed by atoms with Gasteiger partial charge in [-0.25, -0.2) is 28.7 Å². The maximum Gasteiger partial charge on any atom is 0.250 e. The van der Waals surface area contributed by atoms with Crippen LogP contribution in [0.25, 0.3) is 0 Å². The molecule has 9 heteroatoms. The molecule has 7 nitrogen and oxygen atoms in total. The van der Waals surface area contributed by atoms with Crippen LogP contribution in [0, 0.1) is 0 Å². The van der Waals surface area contributed by atoms with E-state index in [4.69, 9.17) is 9.47 Å². The Labute approximate surface area is 188 Å². The minimum absolute atomic E-state index is 0.189. The number of halogens is 2. The Morgan fingerprint density at radius 1 is 0.875 bits per heavy atom. The average molecular weight is 450 g/mol. The van der Waals surface area contributed by atoms with Crippen LogP contribution in [0.15, 0.2) is 24.8 Å². The fourth-order valence-electron chi connectivity index (χ4n) is 4.86. The van der Waals surface area contributed by atoms with Crippen molar-refractivity contribution >= 4 is 0 Å². The topological polar surface area (TPSA) is 73.3 Å². The van der Waals surface area contributed by atoms with Crippen molar-refractivity contribution in [2.24, 2.45) is 0 Å². The quantitative estimate of drug-likeness (QED) is 0.632. The zero-order chi connectivity index (χ0) is 23.8. The molecule has 0 aliphatic carbocycles. The summed E-state index contributed by atoms with van der Waals surface area (Å²) in [5.41, 5.74) is -1.19. The number of piperidine rings is 1. The Morgan fingerprint density at radius 3 is 2.00 bits per heavy atom. The molecule has 0 radical (unpaired) electrons. The molecule has 2 aromatic heterocycles. The zero-order valence-corrected chi connectivity index (χ0v) is 19.9. The number of aromatic nitrogens is 4. The summed E-state index contributed by atoms with van der Waals surface area (Å²) in [5, 5.41) is 0. The van der Waals surface area contributed by atoms with Gasteiger partial charge < -0.3 is 9.47 Å². The number of ether oxygens (including phenoxy) is 2. The first-order valence-corrected chi connectivity index (χ1v) is 10.7. The molecule has 1 unspecified atom stereocenters. The summed E-state index contributed by atoms with van der Waals surface area (Å²) in [6, 6.07) is 1.81. The van der Waals surface area contributed by atoms with E-state index < -0.39 is 22.3 Å². The predicted octanol–water partition coefficient (Wildman–Crippen LogP) is 4.03. The third-order valence-electron chi connectivity index (χ3n) is 7.48. The van der Waals surface area contributed by atoms with Crippen LogP contribution in [0.4, 0.5) is 8.78 Å². The molecule has 2 aromatic rings. The van der Waals surface area contributed by atoms with Crippen LogP contribution in [0.5, 0.6) is 11.6 Å². The summed E-state index contributed by atoms with van der Waals surface area (Å²) in [6.07, 6.45) is 4.36. The van der Waals surface area contributed by atoms with Gasteiger partial charge in [-0.2, -0.15) is 0 Å². The molecule has 1 aliphatic rings. The highest BCUT2D eigenvalue weighted by Gasteiger charge is 2.59. The van der Waals surface area contributed by atoms with Crippen molar-refractivity contribution in [3.63, 3.8) is 0 Å². The van der Waals surface area contributed by atoms with Crippen molar-refractivity contribution in [2.75, 3.05) is 27.3 Å². The molecular weight excluding hydrogens is 416 g/mol. The van der Waals surface area contributed by atoms with Gasteiger partial charge in [0.1, 0.15) is 12.2 Å².